The van der Waals surface area contributed by atoms with E-state index >= 15 is 0 Å². The second-order valence-corrected chi connectivity index (χ2v) is 3.85. The van der Waals surface area contributed by atoms with Crippen molar-refractivity contribution in [2.45, 2.75) is 6.92 Å². The minimum absolute atomic E-state index is 0.0237. The molecule has 1 unspecified atom stereocenters. The van der Waals surface area contributed by atoms with Crippen molar-refractivity contribution in [3.05, 3.63) is 28.2 Å². The van der Waals surface area contributed by atoms with Crippen molar-refractivity contribution >= 4 is 28.9 Å². The van der Waals surface area contributed by atoms with Crippen LogP contribution in [0, 0.1) is 17.2 Å². The normalized spacial score (nSPS) is 11.9. The maximum Gasteiger partial charge on any atom is 0.0671 e. The van der Waals surface area contributed by atoms with Crippen molar-refractivity contribution in [1.82, 2.24) is 0 Å². The van der Waals surface area contributed by atoms with Gasteiger partial charge in [-0.1, -0.05) is 23.2 Å². The average molecular weight is 229 g/mol. The van der Waals surface area contributed by atoms with E-state index in [-0.39, 0.29) is 5.92 Å². The van der Waals surface area contributed by atoms with Gasteiger partial charge in [0, 0.05) is 12.2 Å². The van der Waals surface area contributed by atoms with Gasteiger partial charge in [0.1, 0.15) is 0 Å². The Morgan fingerprint density at radius 2 is 2.14 bits per heavy atom. The minimum atomic E-state index is -0.0237. The Kier molecular flexibility index (Phi) is 4.06. The maximum absolute atomic E-state index is 8.57. The molecular formula is C10H10Cl2N2. The van der Waals surface area contributed by atoms with Crippen LogP contribution in [0.2, 0.25) is 10.0 Å². The molecule has 0 aliphatic carbocycles. The van der Waals surface area contributed by atoms with Crippen LogP contribution < -0.4 is 5.32 Å². The first-order chi connectivity index (χ1) is 6.63. The van der Waals surface area contributed by atoms with E-state index in [1.807, 2.05) is 13.0 Å². The number of anilines is 1. The molecule has 1 aromatic carbocycles. The Hall–Kier alpha value is -0.910. The lowest BCUT2D eigenvalue weighted by atomic mass is 10.2. The zero-order valence-electron chi connectivity index (χ0n) is 7.72. The van der Waals surface area contributed by atoms with Gasteiger partial charge >= 0.3 is 0 Å². The molecule has 0 saturated carbocycles. The van der Waals surface area contributed by atoms with Gasteiger partial charge in [-0.05, 0) is 25.1 Å². The van der Waals surface area contributed by atoms with Crippen molar-refractivity contribution < 1.29 is 0 Å². The van der Waals surface area contributed by atoms with E-state index in [1.165, 1.54) is 0 Å². The highest BCUT2D eigenvalue weighted by Crippen LogP contribution is 2.24. The van der Waals surface area contributed by atoms with E-state index in [1.54, 1.807) is 12.1 Å². The van der Waals surface area contributed by atoms with Crippen molar-refractivity contribution in [1.29, 1.82) is 5.26 Å². The van der Waals surface area contributed by atoms with E-state index in [4.69, 9.17) is 28.5 Å². The van der Waals surface area contributed by atoms with Crippen LogP contribution in [0.3, 0.4) is 0 Å². The SMILES string of the molecule is CC(C#N)CNc1ccc(Cl)c(Cl)c1. The first kappa shape index (κ1) is 11.2. The van der Waals surface area contributed by atoms with Gasteiger partial charge in [-0.2, -0.15) is 5.26 Å². The first-order valence-electron chi connectivity index (χ1n) is 4.22. The summed E-state index contributed by atoms with van der Waals surface area (Å²) >= 11 is 11.6. The highest BCUT2D eigenvalue weighted by Gasteiger charge is 2.01. The van der Waals surface area contributed by atoms with Crippen LogP contribution in [-0.4, -0.2) is 6.54 Å². The molecule has 0 saturated heterocycles. The standard InChI is InChI=1S/C10H10Cl2N2/c1-7(5-13)6-14-8-2-3-9(11)10(12)4-8/h2-4,7,14H,6H2,1H3. The van der Waals surface area contributed by atoms with E-state index < -0.39 is 0 Å². The van der Waals surface area contributed by atoms with Gasteiger partial charge in [-0.3, -0.25) is 0 Å². The summed E-state index contributed by atoms with van der Waals surface area (Å²) in [6.45, 7) is 2.46. The Morgan fingerprint density at radius 3 is 2.71 bits per heavy atom. The summed E-state index contributed by atoms with van der Waals surface area (Å²) in [6, 6.07) is 7.44. The van der Waals surface area contributed by atoms with Crippen LogP contribution in [0.5, 0.6) is 0 Å². The largest absolute Gasteiger partial charge is 0.384 e. The molecule has 0 heterocycles. The fourth-order valence-corrected chi connectivity index (χ4v) is 1.22. The van der Waals surface area contributed by atoms with Gasteiger partial charge in [0.25, 0.3) is 0 Å². The lowest BCUT2D eigenvalue weighted by Gasteiger charge is -2.07. The monoisotopic (exact) mass is 228 g/mol. The minimum Gasteiger partial charge on any atom is -0.384 e. The molecule has 1 aromatic rings. The molecule has 0 aliphatic heterocycles. The molecule has 0 amide bonds. The molecule has 0 fully saturated rings. The lowest BCUT2D eigenvalue weighted by Crippen LogP contribution is -2.09. The lowest BCUT2D eigenvalue weighted by molar-refractivity contribution is 0.786. The van der Waals surface area contributed by atoms with E-state index in [9.17, 15) is 0 Å². The Morgan fingerprint density at radius 1 is 1.43 bits per heavy atom. The summed E-state index contributed by atoms with van der Waals surface area (Å²) in [5, 5.41) is 12.7. The number of hydrogen-bond acceptors (Lipinski definition) is 2. The fraction of sp³-hybridized carbons (Fsp3) is 0.300. The van der Waals surface area contributed by atoms with Crippen LogP contribution in [0.4, 0.5) is 5.69 Å². The summed E-state index contributed by atoms with van der Waals surface area (Å²) in [5.74, 6) is -0.0237. The molecule has 4 heteroatoms. The summed E-state index contributed by atoms with van der Waals surface area (Å²) in [4.78, 5) is 0. The third-order valence-corrected chi connectivity index (χ3v) is 2.49. The Bertz CT molecular complexity index is 358. The number of rotatable bonds is 3. The summed E-state index contributed by atoms with van der Waals surface area (Å²) in [7, 11) is 0. The van der Waals surface area contributed by atoms with Crippen LogP contribution in [0.15, 0.2) is 18.2 Å². The van der Waals surface area contributed by atoms with Crippen LogP contribution in [0.1, 0.15) is 6.92 Å². The van der Waals surface area contributed by atoms with E-state index in [2.05, 4.69) is 11.4 Å². The predicted octanol–water partition coefficient (Wildman–Crippen LogP) is 3.56. The number of benzene rings is 1. The van der Waals surface area contributed by atoms with Crippen molar-refractivity contribution in [3.8, 4) is 6.07 Å². The van der Waals surface area contributed by atoms with Gasteiger partial charge in [0.15, 0.2) is 0 Å². The zero-order chi connectivity index (χ0) is 10.6. The van der Waals surface area contributed by atoms with Crippen LogP contribution in [-0.2, 0) is 0 Å². The van der Waals surface area contributed by atoms with Gasteiger partial charge in [0.2, 0.25) is 0 Å². The molecule has 0 aliphatic rings. The second kappa shape index (κ2) is 5.09. The zero-order valence-corrected chi connectivity index (χ0v) is 9.23. The molecule has 0 spiro atoms. The summed E-state index contributed by atoms with van der Waals surface area (Å²) in [5.41, 5.74) is 0.876. The topological polar surface area (TPSA) is 35.8 Å². The van der Waals surface area contributed by atoms with Gasteiger partial charge in [-0.15, -0.1) is 0 Å². The third-order valence-electron chi connectivity index (χ3n) is 1.75. The third kappa shape index (κ3) is 3.10. The highest BCUT2D eigenvalue weighted by atomic mass is 35.5. The molecular weight excluding hydrogens is 219 g/mol. The average Bonchev–Trinajstić information content (AvgIpc) is 2.19. The molecule has 0 radical (unpaired) electrons. The smallest absolute Gasteiger partial charge is 0.0671 e. The molecule has 2 nitrogen and oxygen atoms in total. The van der Waals surface area contributed by atoms with Crippen molar-refractivity contribution in [2.75, 3.05) is 11.9 Å². The summed E-state index contributed by atoms with van der Waals surface area (Å²) in [6.07, 6.45) is 0. The van der Waals surface area contributed by atoms with Crippen molar-refractivity contribution in [3.63, 3.8) is 0 Å². The second-order valence-electron chi connectivity index (χ2n) is 3.04. The molecule has 0 aromatic heterocycles. The molecule has 14 heavy (non-hydrogen) atoms. The van der Waals surface area contributed by atoms with Crippen LogP contribution in [0.25, 0.3) is 0 Å². The molecule has 1 N–H and O–H groups in total. The number of nitrogens with one attached hydrogen (secondary N) is 1. The molecule has 1 rings (SSSR count). The number of nitrogens with zero attached hydrogens (tertiary/aromatic N) is 1. The van der Waals surface area contributed by atoms with E-state index in [0.29, 0.717) is 16.6 Å². The van der Waals surface area contributed by atoms with E-state index in [0.717, 1.165) is 5.69 Å². The molecule has 1 atom stereocenters. The highest BCUT2D eigenvalue weighted by molar-refractivity contribution is 6.42. The predicted molar refractivity (Wildman–Crippen MR) is 59.7 cm³/mol. The number of halogens is 2. The van der Waals surface area contributed by atoms with Gasteiger partial charge < -0.3 is 5.32 Å². The Labute approximate surface area is 93.4 Å². The quantitative estimate of drug-likeness (QED) is 0.859. The van der Waals surface area contributed by atoms with Crippen molar-refractivity contribution in [2.24, 2.45) is 5.92 Å². The molecule has 74 valence electrons. The fourth-order valence-electron chi connectivity index (χ4n) is 0.923. The van der Waals surface area contributed by atoms with Gasteiger partial charge in [-0.25, -0.2) is 0 Å². The molecule has 0 bridgehead atoms. The number of hydrogen-bond donors (Lipinski definition) is 1. The number of nitriles is 1. The first-order valence-corrected chi connectivity index (χ1v) is 4.97. The Balaban J connectivity index is 2.61. The van der Waals surface area contributed by atoms with Crippen LogP contribution >= 0.6 is 23.2 Å². The maximum atomic E-state index is 8.57. The van der Waals surface area contributed by atoms with Gasteiger partial charge in [0.05, 0.1) is 22.0 Å². The summed E-state index contributed by atoms with van der Waals surface area (Å²) < 4.78 is 0.